The van der Waals surface area contributed by atoms with Crippen molar-refractivity contribution in [1.82, 2.24) is 4.90 Å². The number of carboxylic acids is 1. The zero-order valence-corrected chi connectivity index (χ0v) is 16.6. The first-order valence-electron chi connectivity index (χ1n) is 9.32. The Labute approximate surface area is 160 Å². The maximum absolute atomic E-state index is 13.1. The van der Waals surface area contributed by atoms with Gasteiger partial charge in [-0.15, -0.1) is 0 Å². The van der Waals surface area contributed by atoms with Gasteiger partial charge in [0.25, 0.3) is 5.91 Å². The van der Waals surface area contributed by atoms with Crippen molar-refractivity contribution < 1.29 is 23.1 Å². The van der Waals surface area contributed by atoms with Crippen LogP contribution in [0.3, 0.4) is 0 Å². The van der Waals surface area contributed by atoms with Crippen LogP contribution in [-0.4, -0.2) is 55.2 Å². The Morgan fingerprint density at radius 3 is 2.33 bits per heavy atom. The molecule has 1 amide bonds. The van der Waals surface area contributed by atoms with Gasteiger partial charge in [0, 0.05) is 19.2 Å². The number of nitrogens with zero attached hydrogens (tertiary/aromatic N) is 2. The highest BCUT2D eigenvalue weighted by atomic mass is 32.2. The molecule has 8 heteroatoms. The molecule has 0 bridgehead atoms. The van der Waals surface area contributed by atoms with Crippen LogP contribution < -0.4 is 4.31 Å². The third-order valence-corrected chi connectivity index (χ3v) is 7.72. The molecule has 0 spiro atoms. The number of carboxylic acid groups (broad SMARTS) is 1. The normalized spacial score (nSPS) is 21.0. The van der Waals surface area contributed by atoms with E-state index in [1.165, 1.54) is 9.21 Å². The number of aryl methyl sites for hydroxylation is 1. The summed E-state index contributed by atoms with van der Waals surface area (Å²) < 4.78 is 25.6. The number of aliphatic carboxylic acids is 1. The summed E-state index contributed by atoms with van der Waals surface area (Å²) in [5, 5.41) is 9.80. The molecule has 0 aromatic heterocycles. The van der Waals surface area contributed by atoms with Crippen molar-refractivity contribution in [2.75, 3.05) is 23.7 Å². The number of carbonyl (C=O) groups excluding carboxylic acids is 1. The molecule has 1 aromatic rings. The van der Waals surface area contributed by atoms with E-state index in [1.807, 2.05) is 0 Å². The Morgan fingerprint density at radius 1 is 1.15 bits per heavy atom. The summed E-state index contributed by atoms with van der Waals surface area (Å²) in [5.41, 5.74) is 0.431. The predicted molar refractivity (Wildman–Crippen MR) is 102 cm³/mol. The molecule has 148 valence electrons. The number of benzene rings is 1. The summed E-state index contributed by atoms with van der Waals surface area (Å²) in [7, 11) is -1.73. The highest BCUT2D eigenvalue weighted by Crippen LogP contribution is 2.35. The van der Waals surface area contributed by atoms with Crippen LogP contribution in [0, 0.1) is 6.92 Å². The molecule has 1 saturated heterocycles. The molecule has 7 nitrogen and oxygen atoms in total. The maximum atomic E-state index is 13.1. The van der Waals surface area contributed by atoms with Crippen LogP contribution >= 0.6 is 0 Å². The minimum atomic E-state index is -3.28. The van der Waals surface area contributed by atoms with Gasteiger partial charge in [-0.2, -0.15) is 0 Å². The molecular formula is C19H26N2O5S. The van der Waals surface area contributed by atoms with Crippen LogP contribution in [-0.2, 0) is 14.8 Å². The van der Waals surface area contributed by atoms with E-state index in [-0.39, 0.29) is 11.7 Å². The molecule has 27 heavy (non-hydrogen) atoms. The molecule has 0 radical (unpaired) electrons. The fourth-order valence-corrected chi connectivity index (χ4v) is 5.73. The van der Waals surface area contributed by atoms with Gasteiger partial charge in [-0.3, -0.25) is 9.10 Å². The summed E-state index contributed by atoms with van der Waals surface area (Å²) in [6.45, 7) is 2.19. The second-order valence-corrected chi connectivity index (χ2v) is 9.52. The largest absolute Gasteiger partial charge is 0.479 e. The van der Waals surface area contributed by atoms with Gasteiger partial charge in [-0.05, 0) is 49.9 Å². The van der Waals surface area contributed by atoms with Gasteiger partial charge in [0.1, 0.15) is 5.54 Å². The molecular weight excluding hydrogens is 368 g/mol. The van der Waals surface area contributed by atoms with E-state index in [4.69, 9.17) is 0 Å². The van der Waals surface area contributed by atoms with Crippen LogP contribution in [0.5, 0.6) is 0 Å². The highest BCUT2D eigenvalue weighted by Gasteiger charge is 2.45. The number of anilines is 1. The minimum absolute atomic E-state index is 0.136. The molecule has 1 aromatic carbocycles. The van der Waals surface area contributed by atoms with E-state index in [1.54, 1.807) is 32.2 Å². The zero-order valence-electron chi connectivity index (χ0n) is 15.8. The molecule has 0 atom stereocenters. The second kappa shape index (κ2) is 7.14. The number of carbonyl (C=O) groups is 2. The van der Waals surface area contributed by atoms with Crippen molar-refractivity contribution in [1.29, 1.82) is 0 Å². The summed E-state index contributed by atoms with van der Waals surface area (Å²) >= 11 is 0. The van der Waals surface area contributed by atoms with Gasteiger partial charge >= 0.3 is 5.97 Å². The smallest absolute Gasteiger partial charge is 0.329 e. The molecule has 1 aliphatic carbocycles. The fraction of sp³-hybridized carbons (Fsp3) is 0.579. The lowest BCUT2D eigenvalue weighted by atomic mass is 9.80. The van der Waals surface area contributed by atoms with Gasteiger partial charge in [-0.25, -0.2) is 13.2 Å². The van der Waals surface area contributed by atoms with Crippen LogP contribution in [0.4, 0.5) is 5.69 Å². The Bertz CT molecular complexity index is 859. The number of amides is 1. The van der Waals surface area contributed by atoms with Gasteiger partial charge in [-0.1, -0.05) is 19.3 Å². The second-order valence-electron chi connectivity index (χ2n) is 7.50. The van der Waals surface area contributed by atoms with Crippen molar-refractivity contribution >= 4 is 27.6 Å². The Hall–Kier alpha value is -2.09. The summed E-state index contributed by atoms with van der Waals surface area (Å²) in [6.07, 6.45) is 4.05. The third-order valence-electron chi connectivity index (χ3n) is 5.85. The van der Waals surface area contributed by atoms with E-state index in [2.05, 4.69) is 0 Å². The van der Waals surface area contributed by atoms with Crippen molar-refractivity contribution in [2.24, 2.45) is 0 Å². The quantitative estimate of drug-likeness (QED) is 0.846. The first kappa shape index (κ1) is 19.7. The monoisotopic (exact) mass is 394 g/mol. The molecule has 1 N–H and O–H groups in total. The van der Waals surface area contributed by atoms with Gasteiger partial charge in [0.2, 0.25) is 10.0 Å². The Kier molecular flexibility index (Phi) is 5.20. The number of hydrogen-bond donors (Lipinski definition) is 1. The number of likely N-dealkylation sites (N-methyl/N-ethyl adjacent to an activating group) is 1. The Balaban J connectivity index is 1.89. The lowest BCUT2D eigenvalue weighted by Crippen LogP contribution is -2.56. The molecule has 1 saturated carbocycles. The lowest BCUT2D eigenvalue weighted by molar-refractivity contribution is -0.151. The van der Waals surface area contributed by atoms with Crippen molar-refractivity contribution in [3.8, 4) is 0 Å². The minimum Gasteiger partial charge on any atom is -0.479 e. The maximum Gasteiger partial charge on any atom is 0.329 e. The highest BCUT2D eigenvalue weighted by molar-refractivity contribution is 7.93. The molecule has 1 heterocycles. The predicted octanol–water partition coefficient (Wildman–Crippen LogP) is 2.39. The van der Waals surface area contributed by atoms with E-state index < -0.39 is 21.5 Å². The van der Waals surface area contributed by atoms with E-state index in [0.717, 1.165) is 19.3 Å². The van der Waals surface area contributed by atoms with Crippen LogP contribution in [0.25, 0.3) is 0 Å². The standard InChI is InChI=1S/C19H26N2O5S/c1-14-13-15(21-11-6-12-27(21,25)26)7-8-16(14)17(22)20(2)19(18(23)24)9-4-3-5-10-19/h7-8,13H,3-6,9-12H2,1-2H3,(H,23,24). The molecule has 2 fully saturated rings. The van der Waals surface area contributed by atoms with Gasteiger partial charge < -0.3 is 10.0 Å². The van der Waals surface area contributed by atoms with E-state index in [9.17, 15) is 23.1 Å². The topological polar surface area (TPSA) is 95.0 Å². The van der Waals surface area contributed by atoms with Crippen LogP contribution in [0.2, 0.25) is 0 Å². The van der Waals surface area contributed by atoms with E-state index >= 15 is 0 Å². The van der Waals surface area contributed by atoms with Crippen molar-refractivity contribution in [2.45, 2.75) is 51.0 Å². The van der Waals surface area contributed by atoms with Crippen molar-refractivity contribution in [3.63, 3.8) is 0 Å². The average Bonchev–Trinajstić information content (AvgIpc) is 3.00. The number of rotatable bonds is 4. The van der Waals surface area contributed by atoms with Gasteiger partial charge in [0.05, 0.1) is 11.4 Å². The molecule has 1 aliphatic heterocycles. The van der Waals surface area contributed by atoms with E-state index in [0.29, 0.717) is 42.6 Å². The summed E-state index contributed by atoms with van der Waals surface area (Å²) in [6, 6.07) is 4.93. The first-order chi connectivity index (χ1) is 12.7. The SMILES string of the molecule is Cc1cc(N2CCCS2(=O)=O)ccc1C(=O)N(C)C1(C(=O)O)CCCCC1. The zero-order chi connectivity index (χ0) is 19.8. The van der Waals surface area contributed by atoms with Crippen LogP contribution in [0.15, 0.2) is 18.2 Å². The molecule has 2 aliphatic rings. The molecule has 0 unspecified atom stereocenters. The summed E-state index contributed by atoms with van der Waals surface area (Å²) in [4.78, 5) is 26.4. The first-order valence-corrected chi connectivity index (χ1v) is 10.9. The Morgan fingerprint density at radius 2 is 1.81 bits per heavy atom. The fourth-order valence-electron chi connectivity index (χ4n) is 4.18. The molecule has 3 rings (SSSR count). The summed E-state index contributed by atoms with van der Waals surface area (Å²) in [5.74, 6) is -1.17. The third kappa shape index (κ3) is 3.42. The average molecular weight is 394 g/mol. The van der Waals surface area contributed by atoms with Gasteiger partial charge in [0.15, 0.2) is 0 Å². The van der Waals surface area contributed by atoms with Crippen molar-refractivity contribution in [3.05, 3.63) is 29.3 Å². The number of hydrogen-bond acceptors (Lipinski definition) is 4. The lowest BCUT2D eigenvalue weighted by Gasteiger charge is -2.41. The number of sulfonamides is 1. The van der Waals surface area contributed by atoms with Crippen LogP contribution in [0.1, 0.15) is 54.4 Å².